The fraction of sp³-hybridized carbons (Fsp3) is 0.833. The van der Waals surface area contributed by atoms with Gasteiger partial charge in [-0.1, -0.05) is 0 Å². The Balaban J connectivity index is 2.91. The second-order valence-electron chi connectivity index (χ2n) is 4.67. The summed E-state index contributed by atoms with van der Waals surface area (Å²) in [6.07, 6.45) is 0.173. The van der Waals surface area contributed by atoms with Crippen LogP contribution < -0.4 is 0 Å². The van der Waals surface area contributed by atoms with Gasteiger partial charge in [-0.3, -0.25) is 14.1 Å². The predicted molar refractivity (Wildman–Crippen MR) is 69.4 cm³/mol. The van der Waals surface area contributed by atoms with Crippen molar-refractivity contribution < 1.29 is 32.0 Å². The Bertz CT molecular complexity index is 456. The van der Waals surface area contributed by atoms with E-state index >= 15 is 0 Å². The Morgan fingerprint density at radius 1 is 1.05 bits per heavy atom. The van der Waals surface area contributed by atoms with Crippen LogP contribution >= 0.6 is 0 Å². The van der Waals surface area contributed by atoms with Crippen molar-refractivity contribution in [1.82, 2.24) is 0 Å². The van der Waals surface area contributed by atoms with Gasteiger partial charge in [0.15, 0.2) is 0 Å². The summed E-state index contributed by atoms with van der Waals surface area (Å²) in [7, 11) is -4.23. The van der Waals surface area contributed by atoms with Gasteiger partial charge in [0.2, 0.25) is 0 Å². The van der Waals surface area contributed by atoms with Crippen LogP contribution in [-0.2, 0) is 29.2 Å². The Morgan fingerprint density at radius 3 is 2.00 bits per heavy atom. The molecule has 1 aliphatic carbocycles. The highest BCUT2D eigenvalue weighted by molar-refractivity contribution is 7.86. The maximum Gasteiger partial charge on any atom is 0.309 e. The molecule has 0 heterocycles. The lowest BCUT2D eigenvalue weighted by Gasteiger charge is -2.31. The highest BCUT2D eigenvalue weighted by atomic mass is 32.2. The molecule has 1 N–H and O–H groups in total. The van der Waals surface area contributed by atoms with Crippen molar-refractivity contribution in [2.24, 2.45) is 11.8 Å². The Hall–Kier alpha value is -1.15. The van der Waals surface area contributed by atoms with Crippen LogP contribution in [0.3, 0.4) is 0 Å². The number of rotatable bonds is 5. The molecule has 7 nitrogen and oxygen atoms in total. The van der Waals surface area contributed by atoms with Crippen LogP contribution in [0.1, 0.15) is 33.1 Å². The second-order valence-corrected chi connectivity index (χ2v) is 6.36. The largest absolute Gasteiger partial charge is 0.466 e. The fourth-order valence-corrected chi connectivity index (χ4v) is 3.33. The van der Waals surface area contributed by atoms with Crippen molar-refractivity contribution in [2.45, 2.75) is 38.4 Å². The zero-order valence-corrected chi connectivity index (χ0v) is 12.4. The average molecular weight is 308 g/mol. The third-order valence-electron chi connectivity index (χ3n) is 3.40. The number of carbonyl (C=O) groups excluding carboxylic acids is 2. The van der Waals surface area contributed by atoms with Crippen molar-refractivity contribution in [3.8, 4) is 0 Å². The summed E-state index contributed by atoms with van der Waals surface area (Å²) in [5, 5.41) is -1.04. The Labute approximate surface area is 118 Å². The van der Waals surface area contributed by atoms with E-state index in [4.69, 9.17) is 14.0 Å². The average Bonchev–Trinajstić information content (AvgIpc) is 2.37. The molecule has 1 fully saturated rings. The first kappa shape index (κ1) is 16.9. The molecule has 0 saturated heterocycles. The SMILES string of the molecule is CCOC(=O)C1CCC(S(=O)(=O)O)CC1C(=O)OCC. The first-order valence-electron chi connectivity index (χ1n) is 6.60. The zero-order valence-electron chi connectivity index (χ0n) is 11.6. The molecule has 8 heteroatoms. The number of carbonyl (C=O) groups is 2. The molecule has 116 valence electrons. The molecule has 1 saturated carbocycles. The van der Waals surface area contributed by atoms with Crippen molar-refractivity contribution in [3.05, 3.63) is 0 Å². The van der Waals surface area contributed by atoms with Gasteiger partial charge >= 0.3 is 11.9 Å². The smallest absolute Gasteiger partial charge is 0.309 e. The molecular weight excluding hydrogens is 288 g/mol. The van der Waals surface area contributed by atoms with E-state index in [0.717, 1.165) is 0 Å². The van der Waals surface area contributed by atoms with E-state index in [1.807, 2.05) is 0 Å². The van der Waals surface area contributed by atoms with Crippen molar-refractivity contribution in [3.63, 3.8) is 0 Å². The van der Waals surface area contributed by atoms with E-state index in [1.165, 1.54) is 0 Å². The first-order valence-corrected chi connectivity index (χ1v) is 8.11. The minimum absolute atomic E-state index is 0.123. The molecule has 0 radical (unpaired) electrons. The molecule has 1 aliphatic rings. The highest BCUT2D eigenvalue weighted by Gasteiger charge is 2.44. The maximum atomic E-state index is 11.9. The molecule has 0 aromatic rings. The zero-order chi connectivity index (χ0) is 15.3. The van der Waals surface area contributed by atoms with Crippen LogP contribution in [0, 0.1) is 11.8 Å². The maximum absolute atomic E-state index is 11.9. The number of hydrogen-bond donors (Lipinski definition) is 1. The fourth-order valence-electron chi connectivity index (χ4n) is 2.44. The summed E-state index contributed by atoms with van der Waals surface area (Å²) in [5.74, 6) is -2.76. The van der Waals surface area contributed by atoms with Crippen LogP contribution in [0.5, 0.6) is 0 Å². The van der Waals surface area contributed by atoms with E-state index < -0.39 is 39.1 Å². The summed E-state index contributed by atoms with van der Waals surface area (Å²) in [6.45, 7) is 3.61. The summed E-state index contributed by atoms with van der Waals surface area (Å²) in [6, 6.07) is 0. The van der Waals surface area contributed by atoms with E-state index in [1.54, 1.807) is 13.8 Å². The van der Waals surface area contributed by atoms with Gasteiger partial charge in [-0.25, -0.2) is 0 Å². The van der Waals surface area contributed by atoms with Crippen molar-refractivity contribution in [1.29, 1.82) is 0 Å². The summed E-state index contributed by atoms with van der Waals surface area (Å²) in [4.78, 5) is 23.7. The number of ether oxygens (including phenoxy) is 2. The normalized spacial score (nSPS) is 26.9. The van der Waals surface area contributed by atoms with E-state index in [2.05, 4.69) is 0 Å². The number of hydrogen-bond acceptors (Lipinski definition) is 6. The first-order chi connectivity index (χ1) is 9.31. The lowest BCUT2D eigenvalue weighted by Crippen LogP contribution is -2.41. The topological polar surface area (TPSA) is 107 Å². The molecule has 1 rings (SSSR count). The van der Waals surface area contributed by atoms with E-state index in [0.29, 0.717) is 0 Å². The minimum Gasteiger partial charge on any atom is -0.466 e. The van der Waals surface area contributed by atoms with Crippen molar-refractivity contribution in [2.75, 3.05) is 13.2 Å². The molecule has 0 spiro atoms. The van der Waals surface area contributed by atoms with Gasteiger partial charge in [0.1, 0.15) is 0 Å². The molecule has 20 heavy (non-hydrogen) atoms. The van der Waals surface area contributed by atoms with E-state index in [9.17, 15) is 18.0 Å². The standard InChI is InChI=1S/C12H20O7S/c1-3-18-11(13)9-6-5-8(20(15,16)17)7-10(9)12(14)19-4-2/h8-10H,3-7H2,1-2H3,(H,15,16,17). The lowest BCUT2D eigenvalue weighted by atomic mass is 9.79. The van der Waals surface area contributed by atoms with Crippen LogP contribution in [0.25, 0.3) is 0 Å². The molecule has 3 atom stereocenters. The lowest BCUT2D eigenvalue weighted by molar-refractivity contribution is -0.162. The third-order valence-corrected chi connectivity index (χ3v) is 4.67. The van der Waals surface area contributed by atoms with Gasteiger partial charge in [-0.2, -0.15) is 8.42 Å². The highest BCUT2D eigenvalue weighted by Crippen LogP contribution is 2.35. The van der Waals surface area contributed by atoms with Crippen LogP contribution in [0.15, 0.2) is 0 Å². The quantitative estimate of drug-likeness (QED) is 0.591. The molecule has 0 aromatic carbocycles. The molecule has 0 aliphatic heterocycles. The third kappa shape index (κ3) is 4.17. The Morgan fingerprint density at radius 2 is 1.55 bits per heavy atom. The number of esters is 2. The van der Waals surface area contributed by atoms with Gasteiger partial charge in [0.25, 0.3) is 10.1 Å². The minimum atomic E-state index is -4.23. The molecule has 3 unspecified atom stereocenters. The predicted octanol–water partition coefficient (Wildman–Crippen LogP) is 0.785. The van der Waals surface area contributed by atoms with Gasteiger partial charge in [-0.05, 0) is 33.1 Å². The van der Waals surface area contributed by atoms with Gasteiger partial charge in [0.05, 0.1) is 30.3 Å². The Kier molecular flexibility index (Phi) is 5.94. The van der Waals surface area contributed by atoms with Crippen LogP contribution in [0.4, 0.5) is 0 Å². The molecule has 0 aromatic heterocycles. The van der Waals surface area contributed by atoms with Crippen LogP contribution in [-0.4, -0.2) is 43.4 Å². The summed E-state index contributed by atoms with van der Waals surface area (Å²) >= 11 is 0. The summed E-state index contributed by atoms with van der Waals surface area (Å²) < 4.78 is 41.3. The van der Waals surface area contributed by atoms with Crippen molar-refractivity contribution >= 4 is 22.1 Å². The molecule has 0 bridgehead atoms. The van der Waals surface area contributed by atoms with Gasteiger partial charge in [-0.15, -0.1) is 0 Å². The molecule has 0 amide bonds. The van der Waals surface area contributed by atoms with Gasteiger partial charge in [0, 0.05) is 0 Å². The second kappa shape index (κ2) is 7.03. The molecular formula is C12H20O7S. The van der Waals surface area contributed by atoms with E-state index in [-0.39, 0.29) is 32.5 Å². The summed E-state index contributed by atoms with van der Waals surface area (Å²) in [5.41, 5.74) is 0. The van der Waals surface area contributed by atoms with Crippen LogP contribution in [0.2, 0.25) is 0 Å². The van der Waals surface area contributed by atoms with Gasteiger partial charge < -0.3 is 9.47 Å². The monoisotopic (exact) mass is 308 g/mol.